The van der Waals surface area contributed by atoms with E-state index in [1.807, 2.05) is 18.2 Å². The van der Waals surface area contributed by atoms with E-state index in [-0.39, 0.29) is 12.1 Å². The molecule has 0 spiro atoms. The summed E-state index contributed by atoms with van der Waals surface area (Å²) in [5.74, 6) is 1.83. The van der Waals surface area contributed by atoms with Crippen LogP contribution in [0.3, 0.4) is 0 Å². The highest BCUT2D eigenvalue weighted by Gasteiger charge is 2.31. The zero-order valence-electron chi connectivity index (χ0n) is 24.7. The number of nitrogens with zero attached hydrogens (tertiary/aromatic N) is 1. The number of carbonyl (C=O) groups is 1. The number of unbranched alkanes of at least 4 members (excludes halogenated alkanes) is 8. The lowest BCUT2D eigenvalue weighted by atomic mass is 10.0. The van der Waals surface area contributed by atoms with Gasteiger partial charge in [0.2, 0.25) is 0 Å². The van der Waals surface area contributed by atoms with Crippen LogP contribution in [-0.2, 0) is 22.4 Å². The van der Waals surface area contributed by atoms with Gasteiger partial charge in [0, 0.05) is 25.4 Å². The monoisotopic (exact) mass is 537 g/mol. The normalized spacial score (nSPS) is 17.3. The Bertz CT molecular complexity index is 962. The third-order valence-corrected chi connectivity index (χ3v) is 7.93. The first-order chi connectivity index (χ1) is 19.1. The van der Waals surface area contributed by atoms with E-state index in [2.05, 4.69) is 49.2 Å². The molecular formula is C34H51NO4. The minimum atomic E-state index is -0.0294. The summed E-state index contributed by atoms with van der Waals surface area (Å²) in [6.07, 6.45) is 15.5. The van der Waals surface area contributed by atoms with Crippen LogP contribution >= 0.6 is 0 Å². The lowest BCUT2D eigenvalue weighted by Crippen LogP contribution is -2.27. The van der Waals surface area contributed by atoms with Crippen molar-refractivity contribution in [2.45, 2.75) is 109 Å². The predicted molar refractivity (Wildman–Crippen MR) is 160 cm³/mol. The zero-order valence-corrected chi connectivity index (χ0v) is 24.7. The maximum absolute atomic E-state index is 12.4. The highest BCUT2D eigenvalue weighted by atomic mass is 16.5. The number of para-hydroxylation sites is 1. The van der Waals surface area contributed by atoms with Gasteiger partial charge < -0.3 is 14.2 Å². The number of likely N-dealkylation sites (N-methyl/N-ethyl adjacent to an activating group) is 1. The van der Waals surface area contributed by atoms with E-state index in [0.717, 1.165) is 56.6 Å². The second-order valence-corrected chi connectivity index (χ2v) is 11.1. The van der Waals surface area contributed by atoms with Gasteiger partial charge in [-0.2, -0.15) is 0 Å². The molecule has 5 nitrogen and oxygen atoms in total. The summed E-state index contributed by atoms with van der Waals surface area (Å²) in [7, 11) is 3.83. The number of carbonyl (C=O) groups excluding carboxylic acids is 1. The molecule has 2 atom stereocenters. The molecule has 2 aromatic carbocycles. The summed E-state index contributed by atoms with van der Waals surface area (Å²) < 4.78 is 17.4. The minimum absolute atomic E-state index is 0.00113. The first kappa shape index (κ1) is 31.0. The molecule has 1 aliphatic rings. The van der Waals surface area contributed by atoms with Gasteiger partial charge in [0.05, 0.1) is 13.7 Å². The molecular weight excluding hydrogens is 486 g/mol. The third-order valence-electron chi connectivity index (χ3n) is 7.93. The Morgan fingerprint density at radius 2 is 1.67 bits per heavy atom. The fraction of sp³-hybridized carbons (Fsp3) is 0.618. The van der Waals surface area contributed by atoms with Gasteiger partial charge in [-0.05, 0) is 62.1 Å². The van der Waals surface area contributed by atoms with Gasteiger partial charge in [-0.1, -0.05) is 88.6 Å². The Morgan fingerprint density at radius 3 is 2.44 bits per heavy atom. The average molecular weight is 538 g/mol. The van der Waals surface area contributed by atoms with Crippen LogP contribution < -0.4 is 9.47 Å². The Hall–Kier alpha value is -2.53. The van der Waals surface area contributed by atoms with Crippen LogP contribution in [-0.4, -0.2) is 50.3 Å². The molecule has 0 N–H and O–H groups in total. The fourth-order valence-corrected chi connectivity index (χ4v) is 5.54. The van der Waals surface area contributed by atoms with Crippen molar-refractivity contribution in [1.82, 2.24) is 4.90 Å². The molecule has 5 heteroatoms. The van der Waals surface area contributed by atoms with Crippen molar-refractivity contribution in [1.29, 1.82) is 0 Å². The molecule has 0 saturated carbocycles. The first-order valence-electron chi connectivity index (χ1n) is 15.3. The summed E-state index contributed by atoms with van der Waals surface area (Å²) in [5.41, 5.74) is 2.48. The van der Waals surface area contributed by atoms with Crippen LogP contribution in [0.1, 0.15) is 95.1 Å². The molecule has 1 fully saturated rings. The minimum Gasteiger partial charge on any atom is -0.497 e. The van der Waals surface area contributed by atoms with Gasteiger partial charge in [-0.3, -0.25) is 9.69 Å². The van der Waals surface area contributed by atoms with Gasteiger partial charge in [-0.15, -0.1) is 0 Å². The molecule has 0 unspecified atom stereocenters. The van der Waals surface area contributed by atoms with E-state index in [0.29, 0.717) is 19.1 Å². The second kappa shape index (κ2) is 17.9. The van der Waals surface area contributed by atoms with E-state index < -0.39 is 0 Å². The summed E-state index contributed by atoms with van der Waals surface area (Å²) >= 11 is 0. The van der Waals surface area contributed by atoms with Crippen LogP contribution in [0.4, 0.5) is 0 Å². The predicted octanol–water partition coefficient (Wildman–Crippen LogP) is 7.79. The van der Waals surface area contributed by atoms with Gasteiger partial charge in [-0.25, -0.2) is 0 Å². The molecule has 1 saturated heterocycles. The molecule has 0 aliphatic carbocycles. The molecule has 2 aromatic rings. The molecule has 0 aromatic heterocycles. The smallest absolute Gasteiger partial charge is 0.306 e. The van der Waals surface area contributed by atoms with Gasteiger partial charge in [0.15, 0.2) is 0 Å². The Kier molecular flexibility index (Phi) is 14.3. The van der Waals surface area contributed by atoms with Crippen molar-refractivity contribution in [3.05, 3.63) is 59.7 Å². The lowest BCUT2D eigenvalue weighted by molar-refractivity contribution is -0.148. The van der Waals surface area contributed by atoms with Crippen molar-refractivity contribution in [3.63, 3.8) is 0 Å². The van der Waals surface area contributed by atoms with Crippen LogP contribution in [0.5, 0.6) is 11.5 Å². The van der Waals surface area contributed by atoms with E-state index >= 15 is 0 Å². The lowest BCUT2D eigenvalue weighted by Gasteiger charge is -2.19. The number of ether oxygens (including phenoxy) is 3. The number of likely N-dealkylation sites (tertiary alicyclic amines) is 1. The Balaban J connectivity index is 1.31. The van der Waals surface area contributed by atoms with Gasteiger partial charge in [0.1, 0.15) is 17.6 Å². The molecule has 0 radical (unpaired) electrons. The van der Waals surface area contributed by atoms with Crippen molar-refractivity contribution < 1.29 is 19.0 Å². The third kappa shape index (κ3) is 11.6. The number of methoxy groups -OCH3 is 1. The van der Waals surface area contributed by atoms with Crippen LogP contribution in [0.2, 0.25) is 0 Å². The van der Waals surface area contributed by atoms with E-state index in [4.69, 9.17) is 14.2 Å². The highest BCUT2D eigenvalue weighted by molar-refractivity contribution is 5.69. The summed E-state index contributed by atoms with van der Waals surface area (Å²) in [6.45, 7) is 3.72. The molecule has 1 heterocycles. The molecule has 3 rings (SSSR count). The van der Waals surface area contributed by atoms with E-state index in [9.17, 15) is 4.79 Å². The SMILES string of the molecule is CCCCCCCCCCCC(=O)O[C@@H]1C[C@@H](CCOc2ccccc2CCc2cccc(OC)c2)N(C)C1. The van der Waals surface area contributed by atoms with E-state index in [1.165, 1.54) is 56.1 Å². The standard InChI is InChI=1S/C34H51NO4/c1-4-5-6-7-8-9-10-11-12-20-34(36)39-32-26-30(35(2)27-32)23-24-38-33-19-14-13-17-29(33)22-21-28-16-15-18-31(25-28)37-3/h13-19,25,30,32H,4-12,20-24,26-27H2,1-3H3/t30-,32-/m1/s1. The molecule has 39 heavy (non-hydrogen) atoms. The van der Waals surface area contributed by atoms with Crippen LogP contribution in [0, 0.1) is 0 Å². The number of benzene rings is 2. The van der Waals surface area contributed by atoms with Gasteiger partial charge in [0.25, 0.3) is 0 Å². The highest BCUT2D eigenvalue weighted by Crippen LogP contribution is 2.25. The summed E-state index contributed by atoms with van der Waals surface area (Å²) in [6, 6.07) is 17.0. The second-order valence-electron chi connectivity index (χ2n) is 11.1. The summed E-state index contributed by atoms with van der Waals surface area (Å²) in [4.78, 5) is 14.7. The molecule has 216 valence electrons. The number of hydrogen-bond acceptors (Lipinski definition) is 5. The topological polar surface area (TPSA) is 48.0 Å². The molecule has 1 aliphatic heterocycles. The van der Waals surface area contributed by atoms with E-state index in [1.54, 1.807) is 7.11 Å². The first-order valence-corrected chi connectivity index (χ1v) is 15.3. The zero-order chi connectivity index (χ0) is 27.7. The van der Waals surface area contributed by atoms with Crippen LogP contribution in [0.25, 0.3) is 0 Å². The number of aryl methyl sites for hydroxylation is 2. The number of hydrogen-bond donors (Lipinski definition) is 0. The van der Waals surface area contributed by atoms with Crippen molar-refractivity contribution in [2.24, 2.45) is 0 Å². The number of rotatable bonds is 19. The quantitative estimate of drug-likeness (QED) is 0.135. The average Bonchev–Trinajstić information content (AvgIpc) is 3.29. The van der Waals surface area contributed by atoms with Crippen LogP contribution in [0.15, 0.2) is 48.5 Å². The van der Waals surface area contributed by atoms with Crippen molar-refractivity contribution in [3.8, 4) is 11.5 Å². The Morgan fingerprint density at radius 1 is 0.923 bits per heavy atom. The number of esters is 1. The van der Waals surface area contributed by atoms with Gasteiger partial charge >= 0.3 is 5.97 Å². The van der Waals surface area contributed by atoms with Crippen molar-refractivity contribution in [2.75, 3.05) is 27.3 Å². The fourth-order valence-electron chi connectivity index (χ4n) is 5.54. The maximum Gasteiger partial charge on any atom is 0.306 e. The molecule has 0 bridgehead atoms. The van der Waals surface area contributed by atoms with Crippen molar-refractivity contribution >= 4 is 5.97 Å². The summed E-state index contributed by atoms with van der Waals surface area (Å²) in [5, 5.41) is 0. The largest absolute Gasteiger partial charge is 0.497 e. The maximum atomic E-state index is 12.4. The Labute approximate surface area is 237 Å². The molecule has 0 amide bonds.